The molecule has 0 atom stereocenters. The van der Waals surface area contributed by atoms with Crippen molar-refractivity contribution in [2.24, 2.45) is 5.92 Å². The number of benzene rings is 2. The first kappa shape index (κ1) is 20.4. The minimum atomic E-state index is 0.126. The van der Waals surface area contributed by atoms with Crippen molar-refractivity contribution < 1.29 is 9.53 Å². The number of nitrogens with zero attached hydrogens (tertiary/aromatic N) is 3. The summed E-state index contributed by atoms with van der Waals surface area (Å²) in [6.45, 7) is 3.65. The molecule has 5 heteroatoms. The molecule has 0 radical (unpaired) electrons. The number of rotatable bonds is 7. The number of hydrogen-bond donors (Lipinski definition) is 0. The van der Waals surface area contributed by atoms with Crippen molar-refractivity contribution >= 4 is 5.91 Å². The van der Waals surface area contributed by atoms with Crippen LogP contribution in [0.5, 0.6) is 5.75 Å². The van der Waals surface area contributed by atoms with Gasteiger partial charge in [-0.1, -0.05) is 18.2 Å². The molecule has 0 aromatic heterocycles. The molecule has 0 unspecified atom stereocenters. The van der Waals surface area contributed by atoms with Gasteiger partial charge in [-0.2, -0.15) is 5.26 Å². The Labute approximate surface area is 178 Å². The lowest BCUT2D eigenvalue weighted by Gasteiger charge is -2.39. The average molecular weight is 404 g/mol. The normalized spacial score (nSPS) is 17.3. The van der Waals surface area contributed by atoms with E-state index in [2.05, 4.69) is 21.9 Å². The molecule has 1 saturated carbocycles. The van der Waals surface area contributed by atoms with Crippen molar-refractivity contribution in [2.75, 3.05) is 26.7 Å². The van der Waals surface area contributed by atoms with E-state index >= 15 is 0 Å². The molecule has 0 spiro atoms. The molecule has 2 aromatic rings. The highest BCUT2D eigenvalue weighted by Gasteiger charge is 2.33. The van der Waals surface area contributed by atoms with Gasteiger partial charge in [0.25, 0.3) is 5.91 Å². The van der Waals surface area contributed by atoms with Gasteiger partial charge < -0.3 is 9.64 Å². The number of methoxy groups -OCH3 is 1. The summed E-state index contributed by atoms with van der Waals surface area (Å²) in [5, 5.41) is 9.11. The third-order valence-corrected chi connectivity index (χ3v) is 6.19. The van der Waals surface area contributed by atoms with E-state index in [-0.39, 0.29) is 11.9 Å². The highest BCUT2D eigenvalue weighted by molar-refractivity contribution is 5.94. The molecule has 30 heavy (non-hydrogen) atoms. The quantitative estimate of drug-likeness (QED) is 0.699. The second kappa shape index (κ2) is 9.32. The number of piperidine rings is 1. The maximum atomic E-state index is 13.3. The van der Waals surface area contributed by atoms with Crippen LogP contribution in [0.4, 0.5) is 0 Å². The smallest absolute Gasteiger partial charge is 0.254 e. The maximum absolute atomic E-state index is 13.3. The second-order valence-corrected chi connectivity index (χ2v) is 8.45. The molecule has 0 bridgehead atoms. The van der Waals surface area contributed by atoms with E-state index in [1.54, 1.807) is 7.11 Å². The van der Waals surface area contributed by atoms with Gasteiger partial charge in [0.15, 0.2) is 0 Å². The summed E-state index contributed by atoms with van der Waals surface area (Å²) in [5.74, 6) is 1.51. The van der Waals surface area contributed by atoms with Crippen LogP contribution in [0, 0.1) is 17.2 Å². The first-order valence-electron chi connectivity index (χ1n) is 10.8. The van der Waals surface area contributed by atoms with Gasteiger partial charge >= 0.3 is 0 Å². The van der Waals surface area contributed by atoms with E-state index < -0.39 is 0 Å². The van der Waals surface area contributed by atoms with Crippen LogP contribution in [-0.4, -0.2) is 48.5 Å². The zero-order valence-corrected chi connectivity index (χ0v) is 17.6. The van der Waals surface area contributed by atoms with Crippen LogP contribution >= 0.6 is 0 Å². The van der Waals surface area contributed by atoms with Crippen molar-refractivity contribution in [3.05, 3.63) is 65.2 Å². The van der Waals surface area contributed by atoms with Crippen molar-refractivity contribution in [3.63, 3.8) is 0 Å². The highest BCUT2D eigenvalue weighted by atomic mass is 16.5. The van der Waals surface area contributed by atoms with Gasteiger partial charge in [0.05, 0.1) is 18.7 Å². The number of ether oxygens (including phenoxy) is 1. The molecule has 2 aromatic carbocycles. The molecule has 4 rings (SSSR count). The standard InChI is InChI=1S/C25H29N3O2/c1-30-24-7-3-6-22(15-24)25(29)28(18-19-8-9-19)23-10-12-27(13-11-23)17-21-5-2-4-20(14-21)16-26/h2-7,14-15,19,23H,8-13,17-18H2,1H3. The van der Waals surface area contributed by atoms with Crippen molar-refractivity contribution in [1.82, 2.24) is 9.80 Å². The summed E-state index contributed by atoms with van der Waals surface area (Å²) in [6, 6.07) is 17.8. The van der Waals surface area contributed by atoms with Crippen LogP contribution in [0.15, 0.2) is 48.5 Å². The van der Waals surface area contributed by atoms with Gasteiger partial charge in [0, 0.05) is 37.8 Å². The minimum absolute atomic E-state index is 0.126. The van der Waals surface area contributed by atoms with Crippen molar-refractivity contribution in [2.45, 2.75) is 38.3 Å². The summed E-state index contributed by atoms with van der Waals surface area (Å²) in [5.41, 5.74) is 2.60. The fourth-order valence-corrected chi connectivity index (χ4v) is 4.28. The number of nitriles is 1. The van der Waals surface area contributed by atoms with Gasteiger partial charge in [-0.05, 0) is 67.5 Å². The zero-order chi connectivity index (χ0) is 20.9. The Bertz CT molecular complexity index is 924. The lowest BCUT2D eigenvalue weighted by molar-refractivity contribution is 0.0551. The number of hydrogen-bond acceptors (Lipinski definition) is 4. The fraction of sp³-hybridized carbons (Fsp3) is 0.440. The maximum Gasteiger partial charge on any atom is 0.254 e. The largest absolute Gasteiger partial charge is 0.497 e. The van der Waals surface area contributed by atoms with Crippen molar-refractivity contribution in [3.8, 4) is 11.8 Å². The first-order chi connectivity index (χ1) is 14.7. The molecule has 1 amide bonds. The monoisotopic (exact) mass is 403 g/mol. The molecular weight excluding hydrogens is 374 g/mol. The minimum Gasteiger partial charge on any atom is -0.497 e. The zero-order valence-electron chi connectivity index (χ0n) is 17.6. The Kier molecular flexibility index (Phi) is 6.35. The molecule has 156 valence electrons. The van der Waals surface area contributed by atoms with Gasteiger partial charge in [0.2, 0.25) is 0 Å². The summed E-state index contributed by atoms with van der Waals surface area (Å²) in [6.07, 6.45) is 4.44. The molecule has 1 aliphatic heterocycles. The summed E-state index contributed by atoms with van der Waals surface area (Å²) in [4.78, 5) is 17.9. The molecule has 1 saturated heterocycles. The summed E-state index contributed by atoms with van der Waals surface area (Å²) < 4.78 is 5.31. The van der Waals surface area contributed by atoms with Crippen LogP contribution < -0.4 is 4.74 Å². The number of carbonyl (C=O) groups excluding carboxylic acids is 1. The summed E-state index contributed by atoms with van der Waals surface area (Å²) in [7, 11) is 1.63. The van der Waals surface area contributed by atoms with E-state index in [0.29, 0.717) is 17.0 Å². The number of likely N-dealkylation sites (tertiary alicyclic amines) is 1. The van der Waals surface area contributed by atoms with Crippen LogP contribution in [0.3, 0.4) is 0 Å². The molecule has 0 N–H and O–H groups in total. The molecular formula is C25H29N3O2. The van der Waals surface area contributed by atoms with E-state index in [0.717, 1.165) is 44.8 Å². The first-order valence-corrected chi connectivity index (χ1v) is 10.8. The Morgan fingerprint density at radius 2 is 1.90 bits per heavy atom. The van der Waals surface area contributed by atoms with Crippen LogP contribution in [0.1, 0.15) is 47.2 Å². The molecule has 5 nitrogen and oxygen atoms in total. The van der Waals surface area contributed by atoms with E-state index in [1.807, 2.05) is 42.5 Å². The molecule has 1 aliphatic carbocycles. The molecule has 2 fully saturated rings. The Morgan fingerprint density at radius 3 is 2.60 bits per heavy atom. The lowest BCUT2D eigenvalue weighted by atomic mass is 10.0. The Morgan fingerprint density at radius 1 is 1.13 bits per heavy atom. The van der Waals surface area contributed by atoms with E-state index in [9.17, 15) is 4.79 Å². The third-order valence-electron chi connectivity index (χ3n) is 6.19. The fourth-order valence-electron chi connectivity index (χ4n) is 4.28. The van der Waals surface area contributed by atoms with Gasteiger partial charge in [-0.15, -0.1) is 0 Å². The van der Waals surface area contributed by atoms with Gasteiger partial charge in [-0.3, -0.25) is 9.69 Å². The Hall–Kier alpha value is -2.84. The topological polar surface area (TPSA) is 56.6 Å². The van der Waals surface area contributed by atoms with E-state index in [1.165, 1.54) is 18.4 Å². The van der Waals surface area contributed by atoms with Crippen LogP contribution in [-0.2, 0) is 6.54 Å². The summed E-state index contributed by atoms with van der Waals surface area (Å²) >= 11 is 0. The number of carbonyl (C=O) groups is 1. The van der Waals surface area contributed by atoms with E-state index in [4.69, 9.17) is 10.00 Å². The number of amides is 1. The average Bonchev–Trinajstić information content (AvgIpc) is 3.62. The molecule has 1 heterocycles. The van der Waals surface area contributed by atoms with Crippen molar-refractivity contribution in [1.29, 1.82) is 5.26 Å². The van der Waals surface area contributed by atoms with Crippen LogP contribution in [0.2, 0.25) is 0 Å². The highest BCUT2D eigenvalue weighted by Crippen LogP contribution is 2.32. The predicted molar refractivity (Wildman–Crippen MR) is 116 cm³/mol. The molecule has 2 aliphatic rings. The SMILES string of the molecule is COc1cccc(C(=O)N(CC2CC2)C2CCN(Cc3cccc(C#N)c3)CC2)c1. The van der Waals surface area contributed by atoms with Gasteiger partial charge in [-0.25, -0.2) is 0 Å². The third kappa shape index (κ3) is 5.01. The lowest BCUT2D eigenvalue weighted by Crippen LogP contribution is -2.48. The van der Waals surface area contributed by atoms with Gasteiger partial charge in [0.1, 0.15) is 5.75 Å². The second-order valence-electron chi connectivity index (χ2n) is 8.45. The Balaban J connectivity index is 1.40. The predicted octanol–water partition coefficient (Wildman–Crippen LogP) is 4.08. The van der Waals surface area contributed by atoms with Crippen LogP contribution in [0.25, 0.3) is 0 Å².